The Labute approximate surface area is 139 Å². The number of H-pyrrole nitrogens is 1. The van der Waals surface area contributed by atoms with Crippen molar-refractivity contribution in [2.24, 2.45) is 0 Å². The Morgan fingerprint density at radius 1 is 1.08 bits per heavy atom. The van der Waals surface area contributed by atoms with Gasteiger partial charge in [-0.1, -0.05) is 12.1 Å². The SMILES string of the molecule is COc1ccc(C)c(-c2nnc(C)n2-c2cccc3[nH]cnc23)c1. The molecule has 0 bridgehead atoms. The molecule has 0 aliphatic rings. The fraction of sp³-hybridized carbons (Fsp3) is 0.167. The smallest absolute Gasteiger partial charge is 0.169 e. The molecular weight excluding hydrogens is 302 g/mol. The molecule has 0 spiro atoms. The number of para-hydroxylation sites is 1. The number of benzene rings is 2. The van der Waals surface area contributed by atoms with Crippen molar-refractivity contribution in [3.8, 4) is 22.8 Å². The van der Waals surface area contributed by atoms with Gasteiger partial charge in [-0.25, -0.2) is 4.98 Å². The molecule has 0 aliphatic carbocycles. The van der Waals surface area contributed by atoms with Crippen LogP contribution in [0.1, 0.15) is 11.4 Å². The first-order chi connectivity index (χ1) is 11.7. The van der Waals surface area contributed by atoms with Gasteiger partial charge in [0, 0.05) is 5.56 Å². The minimum absolute atomic E-state index is 0.777. The minimum Gasteiger partial charge on any atom is -0.497 e. The Bertz CT molecular complexity index is 1030. The van der Waals surface area contributed by atoms with Crippen LogP contribution in [0.3, 0.4) is 0 Å². The molecule has 0 saturated carbocycles. The van der Waals surface area contributed by atoms with E-state index < -0.39 is 0 Å². The second-order valence-corrected chi connectivity index (χ2v) is 5.66. The van der Waals surface area contributed by atoms with Crippen molar-refractivity contribution in [2.75, 3.05) is 7.11 Å². The first kappa shape index (κ1) is 14.4. The number of hydrogen-bond donors (Lipinski definition) is 1. The minimum atomic E-state index is 0.777. The van der Waals surface area contributed by atoms with Gasteiger partial charge in [0.05, 0.1) is 24.6 Å². The van der Waals surface area contributed by atoms with E-state index in [4.69, 9.17) is 4.74 Å². The maximum Gasteiger partial charge on any atom is 0.169 e. The molecule has 6 nitrogen and oxygen atoms in total. The normalized spacial score (nSPS) is 11.1. The van der Waals surface area contributed by atoms with E-state index in [1.54, 1.807) is 13.4 Å². The highest BCUT2D eigenvalue weighted by Crippen LogP contribution is 2.30. The third-order valence-corrected chi connectivity index (χ3v) is 4.18. The van der Waals surface area contributed by atoms with E-state index >= 15 is 0 Å². The van der Waals surface area contributed by atoms with Crippen molar-refractivity contribution in [1.82, 2.24) is 24.7 Å². The first-order valence-corrected chi connectivity index (χ1v) is 7.68. The fourth-order valence-corrected chi connectivity index (χ4v) is 2.92. The van der Waals surface area contributed by atoms with Crippen LogP contribution in [0.15, 0.2) is 42.7 Å². The van der Waals surface area contributed by atoms with Gasteiger partial charge in [0.2, 0.25) is 0 Å². The van der Waals surface area contributed by atoms with Crippen molar-refractivity contribution in [3.05, 3.63) is 54.1 Å². The molecule has 4 rings (SSSR count). The number of ether oxygens (including phenoxy) is 1. The maximum atomic E-state index is 5.37. The number of hydrogen-bond acceptors (Lipinski definition) is 4. The summed E-state index contributed by atoms with van der Waals surface area (Å²) in [5.74, 6) is 2.38. The zero-order valence-corrected chi connectivity index (χ0v) is 13.7. The van der Waals surface area contributed by atoms with Crippen molar-refractivity contribution >= 4 is 11.0 Å². The molecule has 4 aromatic rings. The Hall–Kier alpha value is -3.15. The summed E-state index contributed by atoms with van der Waals surface area (Å²) < 4.78 is 7.40. The number of aryl methyl sites for hydroxylation is 2. The molecule has 0 radical (unpaired) electrons. The molecule has 24 heavy (non-hydrogen) atoms. The Kier molecular flexibility index (Phi) is 3.30. The number of methoxy groups -OCH3 is 1. The summed E-state index contributed by atoms with van der Waals surface area (Å²) in [7, 11) is 1.66. The Balaban J connectivity index is 2.00. The average molecular weight is 319 g/mol. The van der Waals surface area contributed by atoms with Crippen LogP contribution in [-0.4, -0.2) is 31.8 Å². The fourth-order valence-electron chi connectivity index (χ4n) is 2.92. The predicted molar refractivity (Wildman–Crippen MR) is 92.5 cm³/mol. The lowest BCUT2D eigenvalue weighted by Crippen LogP contribution is -2.02. The quantitative estimate of drug-likeness (QED) is 0.628. The monoisotopic (exact) mass is 319 g/mol. The highest BCUT2D eigenvalue weighted by molar-refractivity contribution is 5.84. The molecule has 2 aromatic carbocycles. The molecule has 0 aliphatic heterocycles. The van der Waals surface area contributed by atoms with Crippen LogP contribution in [0.25, 0.3) is 28.1 Å². The largest absolute Gasteiger partial charge is 0.497 e. The maximum absolute atomic E-state index is 5.37. The molecule has 120 valence electrons. The molecule has 2 aromatic heterocycles. The molecule has 0 unspecified atom stereocenters. The summed E-state index contributed by atoms with van der Waals surface area (Å²) in [5.41, 5.74) is 4.92. The van der Waals surface area contributed by atoms with Gasteiger partial charge in [-0.05, 0) is 43.7 Å². The summed E-state index contributed by atoms with van der Waals surface area (Å²) in [4.78, 5) is 7.59. The molecule has 1 N–H and O–H groups in total. The molecule has 2 heterocycles. The second-order valence-electron chi connectivity index (χ2n) is 5.66. The van der Waals surface area contributed by atoms with Crippen LogP contribution in [0, 0.1) is 13.8 Å². The second kappa shape index (κ2) is 5.49. The van der Waals surface area contributed by atoms with Crippen LogP contribution in [0.4, 0.5) is 0 Å². The van der Waals surface area contributed by atoms with Gasteiger partial charge >= 0.3 is 0 Å². The first-order valence-electron chi connectivity index (χ1n) is 7.68. The van der Waals surface area contributed by atoms with Gasteiger partial charge in [-0.3, -0.25) is 4.57 Å². The van der Waals surface area contributed by atoms with E-state index in [-0.39, 0.29) is 0 Å². The van der Waals surface area contributed by atoms with Crippen molar-refractivity contribution in [3.63, 3.8) is 0 Å². The molecule has 0 saturated heterocycles. The molecule has 6 heteroatoms. The number of nitrogens with zero attached hydrogens (tertiary/aromatic N) is 4. The lowest BCUT2D eigenvalue weighted by Gasteiger charge is -2.12. The third-order valence-electron chi connectivity index (χ3n) is 4.18. The third kappa shape index (κ3) is 2.15. The van der Waals surface area contributed by atoms with E-state index in [9.17, 15) is 0 Å². The van der Waals surface area contributed by atoms with Crippen LogP contribution >= 0.6 is 0 Å². The Morgan fingerprint density at radius 3 is 2.79 bits per heavy atom. The van der Waals surface area contributed by atoms with Crippen LogP contribution in [0.5, 0.6) is 5.75 Å². The molecular formula is C18H17N5O. The Morgan fingerprint density at radius 2 is 1.96 bits per heavy atom. The van der Waals surface area contributed by atoms with Gasteiger partial charge in [-0.15, -0.1) is 10.2 Å². The summed E-state index contributed by atoms with van der Waals surface area (Å²) in [6.45, 7) is 4.00. The zero-order chi connectivity index (χ0) is 16.7. The summed E-state index contributed by atoms with van der Waals surface area (Å²) >= 11 is 0. The topological polar surface area (TPSA) is 68.6 Å². The number of nitrogens with one attached hydrogen (secondary N) is 1. The van der Waals surface area contributed by atoms with Crippen molar-refractivity contribution in [1.29, 1.82) is 0 Å². The molecule has 0 fully saturated rings. The standard InChI is InChI=1S/C18H17N5O/c1-11-7-8-13(24-3)9-14(11)18-22-21-12(2)23(18)16-6-4-5-15-17(16)20-10-19-15/h4-10H,1-3H3,(H,19,20). The highest BCUT2D eigenvalue weighted by atomic mass is 16.5. The highest BCUT2D eigenvalue weighted by Gasteiger charge is 2.17. The number of aromatic amines is 1. The van der Waals surface area contributed by atoms with Gasteiger partial charge < -0.3 is 9.72 Å². The van der Waals surface area contributed by atoms with E-state index in [1.807, 2.05) is 47.9 Å². The van der Waals surface area contributed by atoms with Gasteiger partial charge in [0.1, 0.15) is 17.1 Å². The van der Waals surface area contributed by atoms with Crippen molar-refractivity contribution in [2.45, 2.75) is 13.8 Å². The van der Waals surface area contributed by atoms with Gasteiger partial charge in [0.15, 0.2) is 5.82 Å². The zero-order valence-electron chi connectivity index (χ0n) is 13.7. The predicted octanol–water partition coefficient (Wildman–Crippen LogP) is 3.44. The van der Waals surface area contributed by atoms with E-state index in [1.165, 1.54) is 0 Å². The summed E-state index contributed by atoms with van der Waals surface area (Å²) in [6.07, 6.45) is 1.70. The van der Waals surface area contributed by atoms with Crippen LogP contribution < -0.4 is 4.74 Å². The van der Waals surface area contributed by atoms with Crippen LogP contribution in [-0.2, 0) is 0 Å². The average Bonchev–Trinajstić information content (AvgIpc) is 3.21. The summed E-state index contributed by atoms with van der Waals surface area (Å²) in [5, 5.41) is 8.70. The summed E-state index contributed by atoms with van der Waals surface area (Å²) in [6, 6.07) is 12.0. The van der Waals surface area contributed by atoms with Crippen LogP contribution in [0.2, 0.25) is 0 Å². The molecule has 0 amide bonds. The van der Waals surface area contributed by atoms with E-state index in [2.05, 4.69) is 27.1 Å². The molecule has 0 atom stereocenters. The van der Waals surface area contributed by atoms with Crippen molar-refractivity contribution < 1.29 is 4.74 Å². The number of aromatic nitrogens is 5. The number of imidazole rings is 1. The number of rotatable bonds is 3. The van der Waals surface area contributed by atoms with E-state index in [0.717, 1.165) is 45.2 Å². The number of fused-ring (bicyclic) bond motifs is 1. The van der Waals surface area contributed by atoms with Gasteiger partial charge in [-0.2, -0.15) is 0 Å². The van der Waals surface area contributed by atoms with E-state index in [0.29, 0.717) is 0 Å². The lowest BCUT2D eigenvalue weighted by molar-refractivity contribution is 0.415. The lowest BCUT2D eigenvalue weighted by atomic mass is 10.1. The van der Waals surface area contributed by atoms with Gasteiger partial charge in [0.25, 0.3) is 0 Å².